The molecule has 1 aromatic rings. The van der Waals surface area contributed by atoms with Crippen LogP contribution in [0.1, 0.15) is 23.0 Å². The van der Waals surface area contributed by atoms with Gasteiger partial charge in [0, 0.05) is 19.5 Å². The Morgan fingerprint density at radius 1 is 1.65 bits per heavy atom. The van der Waals surface area contributed by atoms with Crippen molar-refractivity contribution >= 4 is 34.5 Å². The van der Waals surface area contributed by atoms with Gasteiger partial charge in [-0.1, -0.05) is 12.2 Å². The molecular formula is C11H16N2O2S2. The molecular weight excluding hydrogens is 256 g/mol. The van der Waals surface area contributed by atoms with Gasteiger partial charge < -0.3 is 15.4 Å². The highest BCUT2D eigenvalue weighted by Crippen LogP contribution is 2.25. The summed E-state index contributed by atoms with van der Waals surface area (Å²) in [5.74, 6) is 0.587. The van der Waals surface area contributed by atoms with Crippen LogP contribution in [0.2, 0.25) is 0 Å². The fourth-order valence-corrected chi connectivity index (χ4v) is 2.32. The van der Waals surface area contributed by atoms with Crippen molar-refractivity contribution < 1.29 is 9.53 Å². The van der Waals surface area contributed by atoms with Gasteiger partial charge in [-0.15, -0.1) is 11.3 Å². The molecule has 0 bridgehead atoms. The lowest BCUT2D eigenvalue weighted by Crippen LogP contribution is -2.33. The second-order valence-corrected chi connectivity index (χ2v) is 4.86. The fraction of sp³-hybridized carbons (Fsp3) is 0.455. The number of carbonyl (C=O) groups is 1. The average Bonchev–Trinajstić information content (AvgIpc) is 2.77. The van der Waals surface area contributed by atoms with Crippen LogP contribution in [0.15, 0.2) is 11.4 Å². The van der Waals surface area contributed by atoms with Crippen LogP contribution in [0.3, 0.4) is 0 Å². The number of amides is 1. The number of thiophene rings is 1. The van der Waals surface area contributed by atoms with Gasteiger partial charge in [0.2, 0.25) is 0 Å². The van der Waals surface area contributed by atoms with E-state index in [1.807, 2.05) is 12.3 Å². The van der Waals surface area contributed by atoms with Gasteiger partial charge in [-0.25, -0.2) is 0 Å². The first-order valence-electron chi connectivity index (χ1n) is 5.29. The molecule has 4 nitrogen and oxygen atoms in total. The van der Waals surface area contributed by atoms with E-state index in [2.05, 4.69) is 0 Å². The molecule has 0 saturated heterocycles. The Morgan fingerprint density at radius 2 is 2.35 bits per heavy atom. The third kappa shape index (κ3) is 3.67. The normalized spacial score (nSPS) is 10.0. The Bertz CT molecular complexity index is 404. The van der Waals surface area contributed by atoms with E-state index in [0.29, 0.717) is 35.1 Å². The maximum absolute atomic E-state index is 12.2. The quantitative estimate of drug-likeness (QED) is 0.804. The van der Waals surface area contributed by atoms with E-state index in [4.69, 9.17) is 22.7 Å². The van der Waals surface area contributed by atoms with E-state index in [1.54, 1.807) is 18.1 Å². The van der Waals surface area contributed by atoms with Gasteiger partial charge >= 0.3 is 0 Å². The Balaban J connectivity index is 2.75. The maximum atomic E-state index is 12.2. The SMILES string of the molecule is CCN(CCC(N)=S)C(=O)c1sccc1OC. The summed E-state index contributed by atoms with van der Waals surface area (Å²) in [4.78, 5) is 15.0. The molecule has 0 spiro atoms. The highest BCUT2D eigenvalue weighted by Gasteiger charge is 2.19. The minimum atomic E-state index is -0.0319. The van der Waals surface area contributed by atoms with Crippen LogP contribution in [0.25, 0.3) is 0 Å². The lowest BCUT2D eigenvalue weighted by molar-refractivity contribution is 0.0771. The van der Waals surface area contributed by atoms with Crippen LogP contribution in [-0.4, -0.2) is 36.0 Å². The summed E-state index contributed by atoms with van der Waals surface area (Å²) >= 11 is 6.19. The zero-order chi connectivity index (χ0) is 12.8. The van der Waals surface area contributed by atoms with Gasteiger partial charge in [-0.05, 0) is 18.4 Å². The highest BCUT2D eigenvalue weighted by atomic mass is 32.1. The van der Waals surface area contributed by atoms with Crippen molar-refractivity contribution in [2.45, 2.75) is 13.3 Å². The maximum Gasteiger partial charge on any atom is 0.267 e. The molecule has 0 saturated carbocycles. The average molecular weight is 272 g/mol. The molecule has 1 rings (SSSR count). The molecule has 94 valence electrons. The van der Waals surface area contributed by atoms with Gasteiger partial charge in [0.25, 0.3) is 5.91 Å². The smallest absolute Gasteiger partial charge is 0.267 e. The number of rotatable bonds is 6. The Morgan fingerprint density at radius 3 is 2.88 bits per heavy atom. The number of thiocarbonyl (C=S) groups is 1. The van der Waals surface area contributed by atoms with Crippen LogP contribution in [-0.2, 0) is 0 Å². The topological polar surface area (TPSA) is 55.6 Å². The summed E-state index contributed by atoms with van der Waals surface area (Å²) in [5, 5.41) is 1.84. The van der Waals surface area contributed by atoms with Crippen LogP contribution >= 0.6 is 23.6 Å². The minimum Gasteiger partial charge on any atom is -0.495 e. The van der Waals surface area contributed by atoms with Gasteiger partial charge in [-0.3, -0.25) is 4.79 Å². The van der Waals surface area contributed by atoms with Crippen molar-refractivity contribution in [3.05, 3.63) is 16.3 Å². The predicted octanol–water partition coefficient (Wildman–Crippen LogP) is 1.90. The zero-order valence-corrected chi connectivity index (χ0v) is 11.6. The summed E-state index contributed by atoms with van der Waals surface area (Å²) in [5.41, 5.74) is 5.44. The Kier molecular flexibility index (Phi) is 5.37. The number of carbonyl (C=O) groups excluding carboxylic acids is 1. The summed E-state index contributed by atoms with van der Waals surface area (Å²) in [6.45, 7) is 3.10. The van der Waals surface area contributed by atoms with E-state index in [1.165, 1.54) is 11.3 Å². The van der Waals surface area contributed by atoms with Gasteiger partial charge in [0.15, 0.2) is 0 Å². The van der Waals surface area contributed by atoms with Gasteiger partial charge in [0.1, 0.15) is 10.6 Å². The number of nitrogens with zero attached hydrogens (tertiary/aromatic N) is 1. The fourth-order valence-electron chi connectivity index (χ4n) is 1.41. The molecule has 0 aliphatic rings. The third-order valence-electron chi connectivity index (χ3n) is 2.34. The number of nitrogens with two attached hydrogens (primary N) is 1. The molecule has 0 aliphatic carbocycles. The molecule has 6 heteroatoms. The lowest BCUT2D eigenvalue weighted by Gasteiger charge is -2.20. The molecule has 1 amide bonds. The van der Waals surface area contributed by atoms with Crippen molar-refractivity contribution in [2.24, 2.45) is 5.73 Å². The molecule has 0 atom stereocenters. The van der Waals surface area contributed by atoms with Crippen LogP contribution in [0, 0.1) is 0 Å². The van der Waals surface area contributed by atoms with Crippen molar-refractivity contribution in [1.82, 2.24) is 4.90 Å². The standard InChI is InChI=1S/C11H16N2O2S2/c1-3-13(6-4-9(12)16)11(14)10-8(15-2)5-7-17-10/h5,7H,3-4,6H2,1-2H3,(H2,12,16). The van der Waals surface area contributed by atoms with Crippen molar-refractivity contribution in [3.63, 3.8) is 0 Å². The number of hydrogen-bond acceptors (Lipinski definition) is 4. The number of methoxy groups -OCH3 is 1. The molecule has 0 aliphatic heterocycles. The van der Waals surface area contributed by atoms with Gasteiger partial charge in [-0.2, -0.15) is 0 Å². The molecule has 0 aromatic carbocycles. The number of hydrogen-bond donors (Lipinski definition) is 1. The minimum absolute atomic E-state index is 0.0319. The predicted molar refractivity (Wildman–Crippen MR) is 73.9 cm³/mol. The Hall–Kier alpha value is -1.14. The molecule has 0 unspecified atom stereocenters. The van der Waals surface area contributed by atoms with Crippen molar-refractivity contribution in [1.29, 1.82) is 0 Å². The first-order chi connectivity index (χ1) is 8.10. The Labute approximate surface area is 110 Å². The largest absolute Gasteiger partial charge is 0.495 e. The van der Waals surface area contributed by atoms with E-state index >= 15 is 0 Å². The third-order valence-corrected chi connectivity index (χ3v) is 3.43. The molecule has 1 aromatic heterocycles. The van der Waals surface area contributed by atoms with Crippen LogP contribution in [0.4, 0.5) is 0 Å². The molecule has 17 heavy (non-hydrogen) atoms. The van der Waals surface area contributed by atoms with E-state index < -0.39 is 0 Å². The highest BCUT2D eigenvalue weighted by molar-refractivity contribution is 7.80. The first-order valence-corrected chi connectivity index (χ1v) is 6.58. The molecule has 1 heterocycles. The van der Waals surface area contributed by atoms with E-state index in [-0.39, 0.29) is 5.91 Å². The molecule has 2 N–H and O–H groups in total. The van der Waals surface area contributed by atoms with Crippen LogP contribution < -0.4 is 10.5 Å². The zero-order valence-electron chi connectivity index (χ0n) is 9.93. The lowest BCUT2D eigenvalue weighted by atomic mass is 10.3. The number of ether oxygens (including phenoxy) is 1. The van der Waals surface area contributed by atoms with Gasteiger partial charge in [0.05, 0.1) is 12.1 Å². The summed E-state index contributed by atoms with van der Waals surface area (Å²) in [7, 11) is 1.56. The van der Waals surface area contributed by atoms with E-state index in [9.17, 15) is 4.79 Å². The first kappa shape index (κ1) is 13.9. The summed E-state index contributed by atoms with van der Waals surface area (Å²) in [6.07, 6.45) is 0.544. The summed E-state index contributed by atoms with van der Waals surface area (Å²) in [6, 6.07) is 1.79. The van der Waals surface area contributed by atoms with Crippen molar-refractivity contribution in [3.8, 4) is 5.75 Å². The van der Waals surface area contributed by atoms with E-state index in [0.717, 1.165) is 0 Å². The molecule has 0 radical (unpaired) electrons. The van der Waals surface area contributed by atoms with Crippen molar-refractivity contribution in [2.75, 3.05) is 20.2 Å². The summed E-state index contributed by atoms with van der Waals surface area (Å²) < 4.78 is 5.14. The van der Waals surface area contributed by atoms with Crippen LogP contribution in [0.5, 0.6) is 5.75 Å². The second kappa shape index (κ2) is 6.56. The second-order valence-electron chi connectivity index (χ2n) is 3.42. The molecule has 0 fully saturated rings. The monoisotopic (exact) mass is 272 g/mol.